The van der Waals surface area contributed by atoms with Gasteiger partial charge in [0.25, 0.3) is 0 Å². The molecule has 8 heteroatoms. The average molecular weight is 326 g/mol. The summed E-state index contributed by atoms with van der Waals surface area (Å²) in [5.41, 5.74) is 0. The van der Waals surface area contributed by atoms with E-state index in [4.69, 9.17) is 4.42 Å². The Morgan fingerprint density at radius 3 is 3.10 bits per heavy atom. The molecule has 0 bridgehead atoms. The van der Waals surface area contributed by atoms with E-state index >= 15 is 0 Å². The molecule has 0 spiro atoms. The molecule has 0 saturated carbocycles. The highest BCUT2D eigenvalue weighted by molar-refractivity contribution is 8.02. The summed E-state index contributed by atoms with van der Waals surface area (Å²) in [5, 5.41) is 14.7. The number of anilines is 1. The van der Waals surface area contributed by atoms with Gasteiger partial charge in [-0.1, -0.05) is 30.0 Å². The average Bonchev–Trinajstić information content (AvgIpc) is 3.13. The van der Waals surface area contributed by atoms with Gasteiger partial charge >= 0.3 is 0 Å². The van der Waals surface area contributed by atoms with Crippen LogP contribution in [0.4, 0.5) is 5.13 Å². The van der Waals surface area contributed by atoms with Crippen LogP contribution in [0, 0.1) is 0 Å². The minimum Gasteiger partial charge on any atom is -0.467 e. The zero-order valence-electron chi connectivity index (χ0n) is 12.0. The third kappa shape index (κ3) is 5.05. The lowest BCUT2D eigenvalue weighted by atomic mass is 10.4. The molecule has 6 nitrogen and oxygen atoms in total. The molecule has 0 fully saturated rings. The topological polar surface area (TPSA) is 80.0 Å². The van der Waals surface area contributed by atoms with Gasteiger partial charge in [-0.3, -0.25) is 4.79 Å². The first-order valence-electron chi connectivity index (χ1n) is 6.73. The van der Waals surface area contributed by atoms with Crippen molar-refractivity contribution >= 4 is 34.1 Å². The standard InChI is InChI=1S/C13H18N4O2S2/c1-3-6-14-11(18)9(2)20-13-17-16-12(21-13)15-8-10-5-4-7-19-10/h4-5,7,9H,3,6,8H2,1-2H3,(H,14,18)(H,15,16)/t9-/m1/s1. The maximum atomic E-state index is 11.8. The van der Waals surface area contributed by atoms with E-state index in [2.05, 4.69) is 20.8 Å². The Bertz CT molecular complexity index is 556. The van der Waals surface area contributed by atoms with E-state index in [0.29, 0.717) is 13.1 Å². The van der Waals surface area contributed by atoms with E-state index in [1.807, 2.05) is 26.0 Å². The van der Waals surface area contributed by atoms with E-state index in [0.717, 1.165) is 21.7 Å². The second-order valence-electron chi connectivity index (χ2n) is 4.36. The summed E-state index contributed by atoms with van der Waals surface area (Å²) in [6.07, 6.45) is 2.57. The van der Waals surface area contributed by atoms with Gasteiger partial charge in [-0.15, -0.1) is 10.2 Å². The Hall–Kier alpha value is -1.54. The predicted octanol–water partition coefficient (Wildman–Crippen LogP) is 2.75. The smallest absolute Gasteiger partial charge is 0.233 e. The first kappa shape index (κ1) is 15.8. The molecule has 0 aliphatic rings. The van der Waals surface area contributed by atoms with Crippen molar-refractivity contribution in [1.29, 1.82) is 0 Å². The van der Waals surface area contributed by atoms with Crippen LogP contribution in [0.1, 0.15) is 26.0 Å². The Morgan fingerprint density at radius 2 is 2.38 bits per heavy atom. The Labute approximate surface area is 131 Å². The number of hydrogen-bond acceptors (Lipinski definition) is 7. The Morgan fingerprint density at radius 1 is 1.52 bits per heavy atom. The zero-order valence-corrected chi connectivity index (χ0v) is 13.6. The summed E-state index contributed by atoms with van der Waals surface area (Å²) >= 11 is 2.85. The molecule has 0 aromatic carbocycles. The molecule has 0 unspecified atom stereocenters. The van der Waals surface area contributed by atoms with E-state index in [9.17, 15) is 4.79 Å². The lowest BCUT2D eigenvalue weighted by Crippen LogP contribution is -2.31. The molecular formula is C13H18N4O2S2. The molecule has 2 aromatic heterocycles. The fraction of sp³-hybridized carbons (Fsp3) is 0.462. The van der Waals surface area contributed by atoms with Crippen LogP contribution in [0.3, 0.4) is 0 Å². The van der Waals surface area contributed by atoms with Gasteiger partial charge in [-0.25, -0.2) is 0 Å². The Balaban J connectivity index is 1.80. The largest absolute Gasteiger partial charge is 0.467 e. The molecule has 1 amide bonds. The van der Waals surface area contributed by atoms with Crippen LogP contribution in [0.25, 0.3) is 0 Å². The van der Waals surface area contributed by atoms with Crippen LogP contribution in [-0.2, 0) is 11.3 Å². The van der Waals surface area contributed by atoms with E-state index in [-0.39, 0.29) is 11.2 Å². The number of rotatable bonds is 8. The summed E-state index contributed by atoms with van der Waals surface area (Å²) < 4.78 is 6.01. The summed E-state index contributed by atoms with van der Waals surface area (Å²) in [4.78, 5) is 11.8. The Kier molecular flexibility index (Phi) is 6.06. The fourth-order valence-electron chi connectivity index (χ4n) is 1.50. The number of amides is 1. The third-order valence-corrected chi connectivity index (χ3v) is 4.66. The number of carbonyl (C=O) groups excluding carboxylic acids is 1. The molecular weight excluding hydrogens is 308 g/mol. The van der Waals surface area contributed by atoms with Crippen molar-refractivity contribution in [3.05, 3.63) is 24.2 Å². The first-order chi connectivity index (χ1) is 10.2. The maximum absolute atomic E-state index is 11.8. The SMILES string of the molecule is CCCNC(=O)[C@@H](C)Sc1nnc(NCc2ccco2)s1. The first-order valence-corrected chi connectivity index (χ1v) is 8.42. The second-order valence-corrected chi connectivity index (χ2v) is 6.92. The van der Waals surface area contributed by atoms with Gasteiger partial charge in [0.05, 0.1) is 18.1 Å². The van der Waals surface area contributed by atoms with Crippen molar-refractivity contribution in [3.63, 3.8) is 0 Å². The lowest BCUT2D eigenvalue weighted by molar-refractivity contribution is -0.120. The zero-order chi connectivity index (χ0) is 15.1. The van der Waals surface area contributed by atoms with Crippen LogP contribution >= 0.6 is 23.1 Å². The molecule has 2 N–H and O–H groups in total. The lowest BCUT2D eigenvalue weighted by Gasteiger charge is -2.08. The van der Waals surface area contributed by atoms with Gasteiger partial charge in [-0.2, -0.15) is 0 Å². The minimum absolute atomic E-state index is 0.0298. The van der Waals surface area contributed by atoms with Crippen molar-refractivity contribution in [1.82, 2.24) is 15.5 Å². The number of hydrogen-bond donors (Lipinski definition) is 2. The molecule has 0 radical (unpaired) electrons. The highest BCUT2D eigenvalue weighted by Gasteiger charge is 2.16. The monoisotopic (exact) mass is 326 g/mol. The van der Waals surface area contributed by atoms with Gasteiger partial charge in [-0.05, 0) is 25.5 Å². The highest BCUT2D eigenvalue weighted by atomic mass is 32.2. The summed E-state index contributed by atoms with van der Waals surface area (Å²) in [7, 11) is 0. The normalized spacial score (nSPS) is 12.1. The summed E-state index contributed by atoms with van der Waals surface area (Å²) in [6, 6.07) is 3.73. The number of furan rings is 1. The van der Waals surface area contributed by atoms with Crippen LogP contribution in [0.15, 0.2) is 27.2 Å². The maximum Gasteiger partial charge on any atom is 0.233 e. The fourth-order valence-corrected chi connectivity index (χ4v) is 3.42. The molecule has 0 aliphatic carbocycles. The third-order valence-electron chi connectivity index (χ3n) is 2.60. The van der Waals surface area contributed by atoms with Gasteiger partial charge in [0.1, 0.15) is 5.76 Å². The molecule has 0 saturated heterocycles. The van der Waals surface area contributed by atoms with Crippen molar-refractivity contribution in [3.8, 4) is 0 Å². The molecule has 1 atom stereocenters. The molecule has 2 heterocycles. The van der Waals surface area contributed by atoms with E-state index in [1.54, 1.807) is 6.26 Å². The molecule has 114 valence electrons. The van der Waals surface area contributed by atoms with E-state index in [1.165, 1.54) is 23.1 Å². The van der Waals surface area contributed by atoms with Gasteiger partial charge in [0.15, 0.2) is 4.34 Å². The van der Waals surface area contributed by atoms with Crippen LogP contribution in [-0.4, -0.2) is 27.9 Å². The molecule has 0 aliphatic heterocycles. The number of thioether (sulfide) groups is 1. The quantitative estimate of drug-likeness (QED) is 0.726. The number of aromatic nitrogens is 2. The predicted molar refractivity (Wildman–Crippen MR) is 84.6 cm³/mol. The van der Waals surface area contributed by atoms with Crippen molar-refractivity contribution < 1.29 is 9.21 Å². The summed E-state index contributed by atoms with van der Waals surface area (Å²) in [6.45, 7) is 5.17. The molecule has 2 rings (SSSR count). The van der Waals surface area contributed by atoms with Gasteiger partial charge < -0.3 is 15.1 Å². The summed E-state index contributed by atoms with van der Waals surface area (Å²) in [5.74, 6) is 0.869. The minimum atomic E-state index is -0.178. The number of carbonyl (C=O) groups is 1. The second kappa shape index (κ2) is 8.04. The van der Waals surface area contributed by atoms with Crippen molar-refractivity contribution in [2.45, 2.75) is 36.4 Å². The number of nitrogens with zero attached hydrogens (tertiary/aromatic N) is 2. The van der Waals surface area contributed by atoms with Crippen LogP contribution in [0.5, 0.6) is 0 Å². The molecule has 2 aromatic rings. The van der Waals surface area contributed by atoms with Gasteiger partial charge in [0.2, 0.25) is 11.0 Å². The van der Waals surface area contributed by atoms with Crippen LogP contribution < -0.4 is 10.6 Å². The van der Waals surface area contributed by atoms with Gasteiger partial charge in [0, 0.05) is 6.54 Å². The van der Waals surface area contributed by atoms with E-state index < -0.39 is 0 Å². The number of nitrogens with one attached hydrogen (secondary N) is 2. The van der Waals surface area contributed by atoms with Crippen molar-refractivity contribution in [2.75, 3.05) is 11.9 Å². The molecule has 21 heavy (non-hydrogen) atoms. The van der Waals surface area contributed by atoms with Crippen molar-refractivity contribution in [2.24, 2.45) is 0 Å². The highest BCUT2D eigenvalue weighted by Crippen LogP contribution is 2.29. The van der Waals surface area contributed by atoms with Crippen LogP contribution in [0.2, 0.25) is 0 Å².